The van der Waals surface area contributed by atoms with Crippen molar-refractivity contribution in [3.63, 3.8) is 0 Å². The maximum atomic E-state index is 6.75. The lowest BCUT2D eigenvalue weighted by Gasteiger charge is -2.15. The van der Waals surface area contributed by atoms with Crippen LogP contribution in [0.2, 0.25) is 0 Å². The van der Waals surface area contributed by atoms with Crippen LogP contribution in [0.1, 0.15) is 0 Å². The van der Waals surface area contributed by atoms with Crippen molar-refractivity contribution >= 4 is 71.2 Å². The minimum atomic E-state index is 0.570. The number of para-hydroxylation sites is 2. The highest BCUT2D eigenvalue weighted by Crippen LogP contribution is 2.41. The zero-order valence-corrected chi connectivity index (χ0v) is 33.1. The number of rotatable bonds is 5. The molecule has 0 aliphatic heterocycles. The van der Waals surface area contributed by atoms with Crippen LogP contribution in [0.4, 0.5) is 0 Å². The molecule has 0 spiro atoms. The predicted molar refractivity (Wildman–Crippen MR) is 251 cm³/mol. The van der Waals surface area contributed by atoms with E-state index in [4.69, 9.17) is 29.3 Å². The topological polar surface area (TPSA) is 82.0 Å². The molecule has 0 atom stereocenters. The molecule has 0 radical (unpaired) electrons. The van der Waals surface area contributed by atoms with Gasteiger partial charge in [-0.3, -0.25) is 4.40 Å². The van der Waals surface area contributed by atoms with E-state index in [0.29, 0.717) is 23.1 Å². The Labute approximate surface area is 354 Å². The average Bonchev–Trinajstić information content (AvgIpc) is 3.93. The van der Waals surface area contributed by atoms with E-state index in [1.807, 2.05) is 84.9 Å². The summed E-state index contributed by atoms with van der Waals surface area (Å²) in [7, 11) is 0. The van der Waals surface area contributed by atoms with E-state index in [1.165, 1.54) is 16.2 Å². The first-order chi connectivity index (χ1) is 30.7. The van der Waals surface area contributed by atoms with Crippen LogP contribution in [0.5, 0.6) is 0 Å². The number of pyridine rings is 2. The quantitative estimate of drug-likeness (QED) is 0.161. The maximum Gasteiger partial charge on any atom is 0.216 e. The van der Waals surface area contributed by atoms with Crippen LogP contribution in [0.15, 0.2) is 199 Å². The van der Waals surface area contributed by atoms with Gasteiger partial charge in [-0.1, -0.05) is 146 Å². The molecule has 0 unspecified atom stereocenters. The number of furan rings is 1. The van der Waals surface area contributed by atoms with E-state index >= 15 is 0 Å². The predicted octanol–water partition coefficient (Wildman–Crippen LogP) is 13.8. The molecule has 0 saturated heterocycles. The SMILES string of the molecule is c1ccc(-c2nc(-c3ccccc3)nc(-c3cc(-c4ccc5oc6c(c7ccccc7c7nc8ccccc8n76)c5n4)cc(-c4cc5ccccc5c5ccccc45)c3)n2)cc1. The van der Waals surface area contributed by atoms with Crippen LogP contribution in [-0.4, -0.2) is 29.3 Å². The molecule has 62 heavy (non-hydrogen) atoms. The first-order valence-electron chi connectivity index (χ1n) is 20.7. The maximum absolute atomic E-state index is 6.75. The fourth-order valence-corrected chi connectivity index (χ4v) is 9.12. The van der Waals surface area contributed by atoms with Gasteiger partial charge in [0.2, 0.25) is 5.71 Å². The zero-order valence-electron chi connectivity index (χ0n) is 33.1. The van der Waals surface area contributed by atoms with Gasteiger partial charge in [0.25, 0.3) is 0 Å². The third-order valence-corrected chi connectivity index (χ3v) is 12.0. The molecule has 288 valence electrons. The monoisotopic (exact) mass is 792 g/mol. The minimum Gasteiger partial charge on any atom is -0.437 e. The van der Waals surface area contributed by atoms with Gasteiger partial charge in [0.1, 0.15) is 11.2 Å². The van der Waals surface area contributed by atoms with E-state index in [2.05, 4.69) is 114 Å². The highest BCUT2D eigenvalue weighted by atomic mass is 16.3. The number of imidazole rings is 1. The molecule has 0 aliphatic rings. The summed E-state index contributed by atoms with van der Waals surface area (Å²) < 4.78 is 8.88. The van der Waals surface area contributed by atoms with Crippen molar-refractivity contribution in [3.8, 4) is 56.5 Å². The summed E-state index contributed by atoms with van der Waals surface area (Å²) in [5.74, 6) is 1.78. The van der Waals surface area contributed by atoms with Crippen molar-refractivity contribution in [2.24, 2.45) is 0 Å². The second-order valence-electron chi connectivity index (χ2n) is 15.7. The van der Waals surface area contributed by atoms with Crippen molar-refractivity contribution in [2.75, 3.05) is 0 Å². The fourth-order valence-electron chi connectivity index (χ4n) is 9.12. The summed E-state index contributed by atoms with van der Waals surface area (Å²) >= 11 is 0. The average molecular weight is 793 g/mol. The molecular formula is C55H32N6O. The molecule has 0 amide bonds. The lowest BCUT2D eigenvalue weighted by molar-refractivity contribution is 0.650. The Hall–Kier alpha value is -8.55. The van der Waals surface area contributed by atoms with Crippen molar-refractivity contribution in [1.82, 2.24) is 29.3 Å². The van der Waals surface area contributed by atoms with Gasteiger partial charge in [-0.05, 0) is 81.2 Å². The fraction of sp³-hybridized carbons (Fsp3) is 0. The van der Waals surface area contributed by atoms with Crippen molar-refractivity contribution < 1.29 is 4.42 Å². The van der Waals surface area contributed by atoms with E-state index in [1.54, 1.807) is 0 Å². The van der Waals surface area contributed by atoms with Gasteiger partial charge in [-0.15, -0.1) is 0 Å². The summed E-state index contributed by atoms with van der Waals surface area (Å²) in [5.41, 5.74) is 11.5. The molecule has 8 aromatic carbocycles. The third-order valence-electron chi connectivity index (χ3n) is 12.0. The van der Waals surface area contributed by atoms with E-state index < -0.39 is 0 Å². The molecule has 7 nitrogen and oxygen atoms in total. The van der Waals surface area contributed by atoms with Crippen LogP contribution >= 0.6 is 0 Å². The minimum absolute atomic E-state index is 0.570. The second-order valence-corrected chi connectivity index (χ2v) is 15.7. The molecule has 0 N–H and O–H groups in total. The van der Waals surface area contributed by atoms with E-state index in [0.717, 1.165) is 88.5 Å². The Morgan fingerprint density at radius 3 is 1.73 bits per heavy atom. The summed E-state index contributed by atoms with van der Waals surface area (Å²) in [6.45, 7) is 0. The highest BCUT2D eigenvalue weighted by Gasteiger charge is 2.22. The van der Waals surface area contributed by atoms with Crippen molar-refractivity contribution in [3.05, 3.63) is 194 Å². The number of fused-ring (bicyclic) bond motifs is 13. The smallest absolute Gasteiger partial charge is 0.216 e. The summed E-state index contributed by atoms with van der Waals surface area (Å²) in [5, 5.41) is 7.76. The van der Waals surface area contributed by atoms with E-state index in [9.17, 15) is 0 Å². The van der Waals surface area contributed by atoms with Crippen LogP contribution in [0.3, 0.4) is 0 Å². The third kappa shape index (κ3) is 5.35. The zero-order chi connectivity index (χ0) is 40.7. The second kappa shape index (κ2) is 13.5. The lowest BCUT2D eigenvalue weighted by Crippen LogP contribution is -2.00. The van der Waals surface area contributed by atoms with Gasteiger partial charge in [0, 0.05) is 33.0 Å². The molecule has 0 fully saturated rings. The molecule has 13 rings (SSSR count). The Bertz CT molecular complexity index is 3870. The standard InChI is InChI=1S/C55H32N6O/c1-3-15-33(16-4-1)51-58-52(34-17-5-2-6-18-34)60-53(59-51)38-30-36(44-32-35-19-7-8-20-39(35)40-21-9-10-22-41(40)44)29-37(31-38)45-27-28-48-50(56-45)49-42-23-11-12-24-43(42)54-57-46-25-13-14-26-47(46)61(54)55(49)62-48/h1-32H. The number of aromatic nitrogens is 6. The van der Waals surface area contributed by atoms with E-state index in [-0.39, 0.29) is 0 Å². The Kier molecular flexibility index (Phi) is 7.47. The molecule has 0 aliphatic carbocycles. The molecule has 0 saturated carbocycles. The first kappa shape index (κ1) is 34.3. The Balaban J connectivity index is 1.10. The van der Waals surface area contributed by atoms with Crippen LogP contribution in [0, 0.1) is 0 Å². The van der Waals surface area contributed by atoms with Crippen LogP contribution in [0.25, 0.3) is 128 Å². The summed E-state index contributed by atoms with van der Waals surface area (Å²) in [4.78, 5) is 25.9. The molecule has 0 bridgehead atoms. The molecular weight excluding hydrogens is 761 g/mol. The highest BCUT2D eigenvalue weighted by molar-refractivity contribution is 6.21. The van der Waals surface area contributed by atoms with Gasteiger partial charge < -0.3 is 4.42 Å². The Morgan fingerprint density at radius 1 is 0.387 bits per heavy atom. The number of hydrogen-bond acceptors (Lipinski definition) is 6. The molecule has 13 aromatic rings. The van der Waals surface area contributed by atoms with Crippen molar-refractivity contribution in [1.29, 1.82) is 0 Å². The normalized spacial score (nSPS) is 11.9. The largest absolute Gasteiger partial charge is 0.437 e. The molecule has 5 heterocycles. The molecule has 7 heteroatoms. The van der Waals surface area contributed by atoms with Crippen LogP contribution < -0.4 is 0 Å². The Morgan fingerprint density at radius 2 is 0.968 bits per heavy atom. The first-order valence-corrected chi connectivity index (χ1v) is 20.7. The number of benzene rings is 8. The number of nitrogens with zero attached hydrogens (tertiary/aromatic N) is 6. The summed E-state index contributed by atoms with van der Waals surface area (Å²) in [6.07, 6.45) is 0. The van der Waals surface area contributed by atoms with Crippen LogP contribution in [-0.2, 0) is 0 Å². The van der Waals surface area contributed by atoms with Gasteiger partial charge in [-0.25, -0.2) is 24.9 Å². The van der Waals surface area contributed by atoms with Gasteiger partial charge in [-0.2, -0.15) is 0 Å². The lowest BCUT2D eigenvalue weighted by atomic mass is 9.91. The van der Waals surface area contributed by atoms with Crippen molar-refractivity contribution in [2.45, 2.75) is 0 Å². The number of hydrogen-bond donors (Lipinski definition) is 0. The van der Waals surface area contributed by atoms with Gasteiger partial charge in [0.05, 0.1) is 22.1 Å². The molecule has 5 aromatic heterocycles. The van der Waals surface area contributed by atoms with Gasteiger partial charge in [0.15, 0.2) is 23.1 Å². The van der Waals surface area contributed by atoms with Gasteiger partial charge >= 0.3 is 0 Å². The summed E-state index contributed by atoms with van der Waals surface area (Å²) in [6, 6.07) is 67.0.